The Hall–Kier alpha value is -1.42. The van der Waals surface area contributed by atoms with Crippen LogP contribution >= 0.6 is 0 Å². The zero-order valence-electron chi connectivity index (χ0n) is 11.1. The van der Waals surface area contributed by atoms with Crippen LogP contribution in [-0.4, -0.2) is 24.0 Å². The van der Waals surface area contributed by atoms with Gasteiger partial charge in [-0.25, -0.2) is 0 Å². The van der Waals surface area contributed by atoms with Crippen LogP contribution < -0.4 is 10.6 Å². The first-order valence-corrected chi connectivity index (χ1v) is 6.54. The van der Waals surface area contributed by atoms with Gasteiger partial charge in [-0.3, -0.25) is 9.78 Å². The van der Waals surface area contributed by atoms with Crippen molar-refractivity contribution in [2.45, 2.75) is 32.7 Å². The summed E-state index contributed by atoms with van der Waals surface area (Å²) in [5.74, 6) is 0.118. The molecular weight excluding hydrogens is 226 g/mol. The number of hydrogen-bond acceptors (Lipinski definition) is 3. The minimum absolute atomic E-state index is 0.0440. The molecule has 1 aliphatic rings. The first-order chi connectivity index (χ1) is 8.62. The van der Waals surface area contributed by atoms with Crippen LogP contribution in [-0.2, 0) is 4.79 Å². The molecule has 0 radical (unpaired) electrons. The summed E-state index contributed by atoms with van der Waals surface area (Å²) >= 11 is 0. The van der Waals surface area contributed by atoms with Gasteiger partial charge >= 0.3 is 0 Å². The molecule has 4 nitrogen and oxygen atoms in total. The molecule has 18 heavy (non-hydrogen) atoms. The highest BCUT2D eigenvalue weighted by atomic mass is 16.2. The topological polar surface area (TPSA) is 54.0 Å². The van der Waals surface area contributed by atoms with Crippen molar-refractivity contribution >= 4 is 5.91 Å². The van der Waals surface area contributed by atoms with E-state index in [0.717, 1.165) is 31.6 Å². The van der Waals surface area contributed by atoms with Crippen LogP contribution in [0.4, 0.5) is 0 Å². The quantitative estimate of drug-likeness (QED) is 0.854. The monoisotopic (exact) mass is 247 g/mol. The van der Waals surface area contributed by atoms with Crippen molar-refractivity contribution in [2.75, 3.05) is 13.1 Å². The van der Waals surface area contributed by atoms with E-state index in [-0.39, 0.29) is 17.4 Å². The minimum atomic E-state index is -0.290. The largest absolute Gasteiger partial charge is 0.347 e. The zero-order valence-corrected chi connectivity index (χ0v) is 11.1. The molecule has 2 heterocycles. The van der Waals surface area contributed by atoms with Crippen molar-refractivity contribution in [3.8, 4) is 0 Å². The molecule has 0 saturated carbocycles. The zero-order chi connectivity index (χ0) is 13.0. The van der Waals surface area contributed by atoms with Crippen LogP contribution in [0.5, 0.6) is 0 Å². The second-order valence-electron chi connectivity index (χ2n) is 5.29. The van der Waals surface area contributed by atoms with Crippen molar-refractivity contribution in [1.82, 2.24) is 15.6 Å². The average Bonchev–Trinajstić information content (AvgIpc) is 2.40. The SMILES string of the molecule is C[C@@H](NC(=O)C1(C)CCCNC1)c1ccccn1. The average molecular weight is 247 g/mol. The molecule has 0 aliphatic carbocycles. The molecule has 1 amide bonds. The van der Waals surface area contributed by atoms with Gasteiger partial charge in [0.05, 0.1) is 17.2 Å². The summed E-state index contributed by atoms with van der Waals surface area (Å²) < 4.78 is 0. The molecule has 1 unspecified atom stereocenters. The number of carbonyl (C=O) groups is 1. The lowest BCUT2D eigenvalue weighted by Crippen LogP contribution is -2.49. The van der Waals surface area contributed by atoms with E-state index in [1.165, 1.54) is 0 Å². The second-order valence-corrected chi connectivity index (χ2v) is 5.29. The molecule has 1 aromatic heterocycles. The normalized spacial score (nSPS) is 25.4. The number of aromatic nitrogens is 1. The molecule has 1 saturated heterocycles. The summed E-state index contributed by atoms with van der Waals surface area (Å²) in [6, 6.07) is 5.71. The molecule has 2 N–H and O–H groups in total. The first-order valence-electron chi connectivity index (χ1n) is 6.54. The Morgan fingerprint density at radius 2 is 2.39 bits per heavy atom. The fourth-order valence-corrected chi connectivity index (χ4v) is 2.33. The highest BCUT2D eigenvalue weighted by Crippen LogP contribution is 2.26. The van der Waals surface area contributed by atoms with E-state index in [4.69, 9.17) is 0 Å². The van der Waals surface area contributed by atoms with Crippen molar-refractivity contribution in [3.05, 3.63) is 30.1 Å². The third-order valence-electron chi connectivity index (χ3n) is 3.62. The van der Waals surface area contributed by atoms with Gasteiger partial charge in [0.2, 0.25) is 5.91 Å². The van der Waals surface area contributed by atoms with Gasteiger partial charge in [-0.15, -0.1) is 0 Å². The summed E-state index contributed by atoms with van der Waals surface area (Å²) in [7, 11) is 0. The van der Waals surface area contributed by atoms with Gasteiger partial charge in [0.15, 0.2) is 0 Å². The third-order valence-corrected chi connectivity index (χ3v) is 3.62. The Morgan fingerprint density at radius 3 is 3.00 bits per heavy atom. The number of amides is 1. The maximum Gasteiger partial charge on any atom is 0.227 e. The molecular formula is C14H21N3O. The number of piperidine rings is 1. The van der Waals surface area contributed by atoms with Gasteiger partial charge in [-0.2, -0.15) is 0 Å². The molecule has 0 aromatic carbocycles. The van der Waals surface area contributed by atoms with Gasteiger partial charge < -0.3 is 10.6 Å². The molecule has 1 fully saturated rings. The van der Waals surface area contributed by atoms with E-state index in [2.05, 4.69) is 15.6 Å². The molecule has 0 spiro atoms. The highest BCUT2D eigenvalue weighted by Gasteiger charge is 2.35. The summed E-state index contributed by atoms with van der Waals surface area (Å²) in [5.41, 5.74) is 0.611. The van der Waals surface area contributed by atoms with Crippen molar-refractivity contribution < 1.29 is 4.79 Å². The van der Waals surface area contributed by atoms with Gasteiger partial charge in [0, 0.05) is 12.7 Å². The Kier molecular flexibility index (Phi) is 3.97. The minimum Gasteiger partial charge on any atom is -0.347 e. The van der Waals surface area contributed by atoms with Crippen molar-refractivity contribution in [1.29, 1.82) is 0 Å². The smallest absolute Gasteiger partial charge is 0.227 e. The van der Waals surface area contributed by atoms with E-state index in [1.54, 1.807) is 6.20 Å². The van der Waals surface area contributed by atoms with Crippen LogP contribution in [0.1, 0.15) is 38.4 Å². The Labute approximate surface area is 108 Å². The maximum atomic E-state index is 12.3. The van der Waals surface area contributed by atoms with Crippen molar-refractivity contribution in [2.24, 2.45) is 5.41 Å². The van der Waals surface area contributed by atoms with Crippen LogP contribution in [0.15, 0.2) is 24.4 Å². The number of carbonyl (C=O) groups excluding carboxylic acids is 1. The van der Waals surface area contributed by atoms with E-state index in [0.29, 0.717) is 0 Å². The number of hydrogen-bond donors (Lipinski definition) is 2. The maximum absolute atomic E-state index is 12.3. The van der Waals surface area contributed by atoms with Gasteiger partial charge in [-0.05, 0) is 45.4 Å². The fourth-order valence-electron chi connectivity index (χ4n) is 2.33. The van der Waals surface area contributed by atoms with E-state index < -0.39 is 0 Å². The number of rotatable bonds is 3. The molecule has 4 heteroatoms. The number of nitrogens with one attached hydrogen (secondary N) is 2. The second kappa shape index (κ2) is 5.48. The van der Waals surface area contributed by atoms with Gasteiger partial charge in [0.25, 0.3) is 0 Å². The highest BCUT2D eigenvalue weighted by molar-refractivity contribution is 5.83. The van der Waals surface area contributed by atoms with Crippen LogP contribution in [0, 0.1) is 5.41 Å². The number of nitrogens with zero attached hydrogens (tertiary/aromatic N) is 1. The third kappa shape index (κ3) is 2.88. The van der Waals surface area contributed by atoms with Gasteiger partial charge in [-0.1, -0.05) is 6.07 Å². The van der Waals surface area contributed by atoms with Gasteiger partial charge in [0.1, 0.15) is 0 Å². The Morgan fingerprint density at radius 1 is 1.56 bits per heavy atom. The van der Waals surface area contributed by atoms with Crippen molar-refractivity contribution in [3.63, 3.8) is 0 Å². The van der Waals surface area contributed by atoms with E-state index in [9.17, 15) is 4.79 Å². The van der Waals surface area contributed by atoms with Crippen LogP contribution in [0.3, 0.4) is 0 Å². The molecule has 1 aliphatic heterocycles. The first kappa shape index (κ1) is 13.0. The predicted octanol–water partition coefficient (Wildman–Crippen LogP) is 1.65. The lowest BCUT2D eigenvalue weighted by Gasteiger charge is -2.33. The molecule has 2 rings (SSSR count). The fraction of sp³-hybridized carbons (Fsp3) is 0.571. The van der Waals surface area contributed by atoms with Crippen LogP contribution in [0.25, 0.3) is 0 Å². The summed E-state index contributed by atoms with van der Waals surface area (Å²) in [4.78, 5) is 16.6. The van der Waals surface area contributed by atoms with E-state index in [1.807, 2.05) is 32.0 Å². The molecule has 98 valence electrons. The summed E-state index contributed by atoms with van der Waals surface area (Å²) in [6.45, 7) is 5.77. The summed E-state index contributed by atoms with van der Waals surface area (Å²) in [5, 5.41) is 6.36. The van der Waals surface area contributed by atoms with E-state index >= 15 is 0 Å². The predicted molar refractivity (Wildman–Crippen MR) is 71.0 cm³/mol. The standard InChI is InChI=1S/C14H21N3O/c1-11(12-6-3-4-9-16-12)17-13(18)14(2)7-5-8-15-10-14/h3-4,6,9,11,15H,5,7-8,10H2,1-2H3,(H,17,18)/t11-,14?/m1/s1. The lowest BCUT2D eigenvalue weighted by atomic mass is 9.81. The molecule has 0 bridgehead atoms. The molecule has 2 atom stereocenters. The van der Waals surface area contributed by atoms with Crippen LogP contribution in [0.2, 0.25) is 0 Å². The summed E-state index contributed by atoms with van der Waals surface area (Å²) in [6.07, 6.45) is 3.75. The Balaban J connectivity index is 1.98. The lowest BCUT2D eigenvalue weighted by molar-refractivity contribution is -0.131. The Bertz CT molecular complexity index is 399. The number of pyridine rings is 1. The molecule has 1 aromatic rings.